The normalized spacial score (nSPS) is 20.5. The molecule has 10 heteroatoms. The number of carboxylic acid groups (broad SMARTS) is 1. The lowest BCUT2D eigenvalue weighted by atomic mass is 10.1. The highest BCUT2D eigenvalue weighted by Crippen LogP contribution is 2.40. The van der Waals surface area contributed by atoms with Gasteiger partial charge in [-0.3, -0.25) is 4.90 Å². The molecule has 2 heterocycles. The van der Waals surface area contributed by atoms with Crippen LogP contribution in [0.25, 0.3) is 0 Å². The molecule has 1 amide bonds. The molecule has 1 aromatic rings. The van der Waals surface area contributed by atoms with Crippen LogP contribution in [0.2, 0.25) is 0 Å². The molecule has 7 nitrogen and oxygen atoms in total. The molecule has 0 aliphatic carbocycles. The molecule has 0 radical (unpaired) electrons. The zero-order valence-electron chi connectivity index (χ0n) is 18.6. The van der Waals surface area contributed by atoms with Gasteiger partial charge in [0.05, 0.1) is 5.56 Å². The van der Waals surface area contributed by atoms with Crippen LogP contribution < -0.4 is 4.90 Å². The molecule has 1 N–H and O–H groups in total. The maximum atomic E-state index is 13.6. The number of aliphatic carboxylic acids is 1. The summed E-state index contributed by atoms with van der Waals surface area (Å²) in [5, 5.41) is 9.44. The van der Waals surface area contributed by atoms with Gasteiger partial charge in [-0.1, -0.05) is 6.07 Å². The average molecular weight is 457 g/mol. The number of ether oxygens (including phenoxy) is 1. The van der Waals surface area contributed by atoms with E-state index in [1.54, 1.807) is 25.7 Å². The van der Waals surface area contributed by atoms with Gasteiger partial charge in [-0.05, 0) is 51.3 Å². The number of carbonyl (C=O) groups excluding carboxylic acids is 1. The molecule has 0 bridgehead atoms. The summed E-state index contributed by atoms with van der Waals surface area (Å²) >= 11 is 0. The van der Waals surface area contributed by atoms with Gasteiger partial charge >= 0.3 is 18.2 Å². The zero-order chi connectivity index (χ0) is 23.7. The standard InChI is InChI=1S/C22H30F3N3O4/c1-21(2,3)32-20(31)27-11-9-26(10-12-27)14-15-6-7-16(22(23,24)25)18(13-15)28-8-4-5-17(28)19(29)30/h6-7,13,17H,4-5,8-12,14H2,1-3H3,(H,29,30). The predicted octanol–water partition coefficient (Wildman–Crippen LogP) is 3.81. The number of rotatable bonds is 4. The quantitative estimate of drug-likeness (QED) is 0.741. The number of nitrogens with zero attached hydrogens (tertiary/aromatic N) is 3. The summed E-state index contributed by atoms with van der Waals surface area (Å²) in [5.41, 5.74) is -0.792. The van der Waals surface area contributed by atoms with Gasteiger partial charge < -0.3 is 19.6 Å². The third-order valence-corrected chi connectivity index (χ3v) is 5.65. The molecule has 0 saturated carbocycles. The summed E-state index contributed by atoms with van der Waals surface area (Å²) in [6.07, 6.45) is -4.09. The number of benzene rings is 1. The van der Waals surface area contributed by atoms with Crippen LogP contribution in [-0.4, -0.2) is 71.3 Å². The van der Waals surface area contributed by atoms with Crippen LogP contribution in [0, 0.1) is 0 Å². The van der Waals surface area contributed by atoms with Gasteiger partial charge in [0.25, 0.3) is 0 Å². The van der Waals surface area contributed by atoms with E-state index in [1.807, 2.05) is 0 Å². The van der Waals surface area contributed by atoms with Crippen molar-refractivity contribution in [1.82, 2.24) is 9.80 Å². The lowest BCUT2D eigenvalue weighted by Crippen LogP contribution is -2.49. The SMILES string of the molecule is CC(C)(C)OC(=O)N1CCN(Cc2ccc(C(F)(F)F)c(N3CCCC3C(=O)O)c2)CC1. The molecule has 2 saturated heterocycles. The fourth-order valence-electron chi connectivity index (χ4n) is 4.14. The van der Waals surface area contributed by atoms with Crippen molar-refractivity contribution in [2.24, 2.45) is 0 Å². The number of carbonyl (C=O) groups is 2. The minimum absolute atomic E-state index is 0.0766. The number of piperazine rings is 1. The Bertz CT molecular complexity index is 846. The minimum atomic E-state index is -4.57. The van der Waals surface area contributed by atoms with E-state index in [4.69, 9.17) is 4.74 Å². The van der Waals surface area contributed by atoms with Crippen LogP contribution in [0.15, 0.2) is 18.2 Å². The molecule has 1 atom stereocenters. The molecular formula is C22H30F3N3O4. The number of hydrogen-bond donors (Lipinski definition) is 1. The van der Waals surface area contributed by atoms with E-state index in [9.17, 15) is 27.9 Å². The molecular weight excluding hydrogens is 427 g/mol. The van der Waals surface area contributed by atoms with Crippen LogP contribution in [0.3, 0.4) is 0 Å². The van der Waals surface area contributed by atoms with Crippen LogP contribution in [0.1, 0.15) is 44.7 Å². The van der Waals surface area contributed by atoms with E-state index in [1.165, 1.54) is 17.0 Å². The van der Waals surface area contributed by atoms with Crippen molar-refractivity contribution >= 4 is 17.7 Å². The second-order valence-corrected chi connectivity index (χ2v) is 9.28. The number of carboxylic acids is 1. The van der Waals surface area contributed by atoms with Crippen LogP contribution in [-0.2, 0) is 22.3 Å². The van der Waals surface area contributed by atoms with Crippen molar-refractivity contribution in [1.29, 1.82) is 0 Å². The van der Waals surface area contributed by atoms with Gasteiger partial charge in [0.1, 0.15) is 11.6 Å². The molecule has 178 valence electrons. The molecule has 32 heavy (non-hydrogen) atoms. The van der Waals surface area contributed by atoms with Crippen LogP contribution in [0.5, 0.6) is 0 Å². The molecule has 1 aromatic carbocycles. The Balaban J connectivity index is 1.72. The average Bonchev–Trinajstić information content (AvgIpc) is 3.16. The van der Waals surface area contributed by atoms with Gasteiger partial charge in [0.15, 0.2) is 0 Å². The van der Waals surface area contributed by atoms with Gasteiger partial charge in [0, 0.05) is 45.0 Å². The van der Waals surface area contributed by atoms with Crippen LogP contribution >= 0.6 is 0 Å². The summed E-state index contributed by atoms with van der Waals surface area (Å²) in [6.45, 7) is 8.17. The Morgan fingerprint density at radius 3 is 2.31 bits per heavy atom. The van der Waals surface area contributed by atoms with E-state index in [0.29, 0.717) is 51.1 Å². The first kappa shape index (κ1) is 24.2. The summed E-state index contributed by atoms with van der Waals surface area (Å²) in [6, 6.07) is 2.99. The van der Waals surface area contributed by atoms with Crippen molar-refractivity contribution in [2.45, 2.75) is 58.0 Å². The Labute approximate surface area is 185 Å². The van der Waals surface area contributed by atoms with E-state index in [-0.39, 0.29) is 18.3 Å². The number of anilines is 1. The van der Waals surface area contributed by atoms with Gasteiger partial charge in [-0.15, -0.1) is 0 Å². The molecule has 0 spiro atoms. The van der Waals surface area contributed by atoms with Gasteiger partial charge in [-0.25, -0.2) is 9.59 Å². The van der Waals surface area contributed by atoms with Gasteiger partial charge in [-0.2, -0.15) is 13.2 Å². The molecule has 2 fully saturated rings. The van der Waals surface area contributed by atoms with Crippen molar-refractivity contribution in [3.8, 4) is 0 Å². The van der Waals surface area contributed by atoms with E-state index >= 15 is 0 Å². The molecule has 2 aliphatic rings. The third kappa shape index (κ3) is 5.85. The predicted molar refractivity (Wildman–Crippen MR) is 113 cm³/mol. The van der Waals surface area contributed by atoms with Crippen LogP contribution in [0.4, 0.5) is 23.7 Å². The van der Waals surface area contributed by atoms with E-state index in [2.05, 4.69) is 4.90 Å². The Hall–Kier alpha value is -2.49. The number of halogens is 3. The van der Waals surface area contributed by atoms with Crippen molar-refractivity contribution in [2.75, 3.05) is 37.6 Å². The Kier molecular flexibility index (Phi) is 6.92. The van der Waals surface area contributed by atoms with E-state index in [0.717, 1.165) is 6.07 Å². The van der Waals surface area contributed by atoms with Crippen molar-refractivity contribution < 1.29 is 32.6 Å². The number of alkyl halides is 3. The highest BCUT2D eigenvalue weighted by molar-refractivity contribution is 5.79. The molecule has 0 aromatic heterocycles. The minimum Gasteiger partial charge on any atom is -0.480 e. The highest BCUT2D eigenvalue weighted by Gasteiger charge is 2.39. The lowest BCUT2D eigenvalue weighted by molar-refractivity contribution is -0.140. The maximum absolute atomic E-state index is 13.6. The van der Waals surface area contributed by atoms with Crippen molar-refractivity contribution in [3.63, 3.8) is 0 Å². The fraction of sp³-hybridized carbons (Fsp3) is 0.636. The van der Waals surface area contributed by atoms with E-state index < -0.39 is 29.4 Å². The first-order chi connectivity index (χ1) is 14.8. The molecule has 1 unspecified atom stereocenters. The topological polar surface area (TPSA) is 73.3 Å². The summed E-state index contributed by atoms with van der Waals surface area (Å²) in [5.74, 6) is -1.11. The smallest absolute Gasteiger partial charge is 0.418 e. The fourth-order valence-corrected chi connectivity index (χ4v) is 4.14. The summed E-state index contributed by atoms with van der Waals surface area (Å²) in [7, 11) is 0. The Morgan fingerprint density at radius 2 is 1.75 bits per heavy atom. The first-order valence-electron chi connectivity index (χ1n) is 10.7. The number of amides is 1. The molecule has 3 rings (SSSR count). The van der Waals surface area contributed by atoms with Crippen molar-refractivity contribution in [3.05, 3.63) is 29.3 Å². The van der Waals surface area contributed by atoms with Gasteiger partial charge in [0.2, 0.25) is 0 Å². The third-order valence-electron chi connectivity index (χ3n) is 5.65. The number of hydrogen-bond acceptors (Lipinski definition) is 5. The first-order valence-corrected chi connectivity index (χ1v) is 10.7. The Morgan fingerprint density at radius 1 is 1.09 bits per heavy atom. The monoisotopic (exact) mass is 457 g/mol. The summed E-state index contributed by atoms with van der Waals surface area (Å²) in [4.78, 5) is 28.8. The largest absolute Gasteiger partial charge is 0.480 e. The second kappa shape index (κ2) is 9.17. The zero-order valence-corrected chi connectivity index (χ0v) is 18.6. The summed E-state index contributed by atoms with van der Waals surface area (Å²) < 4.78 is 46.3. The lowest BCUT2D eigenvalue weighted by Gasteiger charge is -2.36. The second-order valence-electron chi connectivity index (χ2n) is 9.28. The highest BCUT2D eigenvalue weighted by atomic mass is 19.4. The molecule has 2 aliphatic heterocycles. The maximum Gasteiger partial charge on any atom is 0.418 e.